The van der Waals surface area contributed by atoms with Crippen molar-refractivity contribution in [3.05, 3.63) is 59.7 Å². The van der Waals surface area contributed by atoms with Gasteiger partial charge in [0.05, 0.1) is 5.92 Å². The zero-order valence-corrected chi connectivity index (χ0v) is 19.5. The maximum atomic E-state index is 12.4. The molecule has 3 atom stereocenters. The summed E-state index contributed by atoms with van der Waals surface area (Å²) in [5.74, 6) is -1.19. The van der Waals surface area contributed by atoms with E-state index in [0.717, 1.165) is 0 Å². The normalized spacial score (nSPS) is 19.7. The Bertz CT molecular complexity index is 1010. The fourth-order valence-corrected chi connectivity index (χ4v) is 5.12. The molecule has 1 unspecified atom stereocenters. The van der Waals surface area contributed by atoms with E-state index >= 15 is 0 Å². The van der Waals surface area contributed by atoms with Gasteiger partial charge in [0.25, 0.3) is 0 Å². The van der Waals surface area contributed by atoms with Crippen molar-refractivity contribution in [1.29, 1.82) is 0 Å². The van der Waals surface area contributed by atoms with E-state index in [1.165, 1.54) is 22.3 Å². The largest absolute Gasteiger partial charge is 0.481 e. The molecule has 2 aliphatic rings. The first-order valence-corrected chi connectivity index (χ1v) is 12.1. The number of amides is 2. The number of hydrogen-bond donors (Lipinski definition) is 3. The molecule has 3 N–H and O–H groups in total. The van der Waals surface area contributed by atoms with E-state index in [1.54, 1.807) is 0 Å². The number of benzene rings is 2. The second-order valence-electron chi connectivity index (χ2n) is 9.38. The molecule has 2 amide bonds. The predicted octanol–water partition coefficient (Wildman–Crippen LogP) is 4.45. The van der Waals surface area contributed by atoms with E-state index in [1.807, 2.05) is 31.2 Å². The molecule has 7 nitrogen and oxygen atoms in total. The van der Waals surface area contributed by atoms with E-state index in [0.29, 0.717) is 38.5 Å². The Morgan fingerprint density at radius 3 is 2.29 bits per heavy atom. The Balaban J connectivity index is 1.17. The van der Waals surface area contributed by atoms with Crippen molar-refractivity contribution >= 4 is 18.0 Å². The van der Waals surface area contributed by atoms with Crippen molar-refractivity contribution in [2.45, 2.75) is 63.5 Å². The van der Waals surface area contributed by atoms with Crippen molar-refractivity contribution in [3.63, 3.8) is 0 Å². The summed E-state index contributed by atoms with van der Waals surface area (Å²) >= 11 is 0. The van der Waals surface area contributed by atoms with E-state index in [4.69, 9.17) is 9.84 Å². The van der Waals surface area contributed by atoms with Gasteiger partial charge in [-0.2, -0.15) is 0 Å². The van der Waals surface area contributed by atoms with Crippen molar-refractivity contribution in [2.24, 2.45) is 5.92 Å². The molecule has 2 aromatic rings. The molecule has 0 bridgehead atoms. The molecular formula is C27H32N2O5. The molecule has 0 heterocycles. The first kappa shape index (κ1) is 23.8. The van der Waals surface area contributed by atoms with Crippen LogP contribution in [0.3, 0.4) is 0 Å². The highest BCUT2D eigenvalue weighted by Crippen LogP contribution is 2.44. The summed E-state index contributed by atoms with van der Waals surface area (Å²) in [6.07, 6.45) is 3.01. The molecule has 0 aliphatic heterocycles. The maximum absolute atomic E-state index is 12.4. The minimum atomic E-state index is -0.787. The highest BCUT2D eigenvalue weighted by Gasteiger charge is 2.31. The predicted molar refractivity (Wildman–Crippen MR) is 128 cm³/mol. The number of aliphatic carboxylic acids is 1. The molecule has 7 heteroatoms. The molecule has 2 aliphatic carbocycles. The summed E-state index contributed by atoms with van der Waals surface area (Å²) in [6, 6.07) is 16.3. The van der Waals surface area contributed by atoms with Crippen LogP contribution in [0.1, 0.15) is 62.5 Å². The van der Waals surface area contributed by atoms with Crippen LogP contribution in [0.25, 0.3) is 11.1 Å². The van der Waals surface area contributed by atoms with Gasteiger partial charge in [0.15, 0.2) is 0 Å². The first-order chi connectivity index (χ1) is 16.4. The zero-order valence-electron chi connectivity index (χ0n) is 19.5. The van der Waals surface area contributed by atoms with Gasteiger partial charge >= 0.3 is 12.1 Å². The molecule has 4 rings (SSSR count). The van der Waals surface area contributed by atoms with Crippen molar-refractivity contribution in [2.75, 3.05) is 6.61 Å². The average Bonchev–Trinajstić information content (AvgIpc) is 3.40. The second-order valence-corrected chi connectivity index (χ2v) is 9.38. The van der Waals surface area contributed by atoms with Crippen molar-refractivity contribution in [1.82, 2.24) is 10.6 Å². The SMILES string of the molecule is CC(CCCC(=O)N[C@H]1CC[C@@H](C(=O)O)C1)NC(=O)OCC1c2ccccc2-c2ccccc21. The Kier molecular flexibility index (Phi) is 7.50. The van der Waals surface area contributed by atoms with Crippen LogP contribution in [0.5, 0.6) is 0 Å². The Labute approximate surface area is 199 Å². The van der Waals surface area contributed by atoms with Crippen LogP contribution < -0.4 is 10.6 Å². The van der Waals surface area contributed by atoms with Crippen molar-refractivity contribution < 1.29 is 24.2 Å². The molecular weight excluding hydrogens is 432 g/mol. The third kappa shape index (κ3) is 5.58. The summed E-state index contributed by atoms with van der Waals surface area (Å²) in [4.78, 5) is 35.6. The van der Waals surface area contributed by atoms with Gasteiger partial charge in [-0.15, -0.1) is 0 Å². The fraction of sp³-hybridized carbons (Fsp3) is 0.444. The van der Waals surface area contributed by atoms with Crippen LogP contribution in [-0.2, 0) is 14.3 Å². The molecule has 180 valence electrons. The number of nitrogens with one attached hydrogen (secondary N) is 2. The molecule has 2 aromatic carbocycles. The molecule has 0 radical (unpaired) electrons. The molecule has 0 saturated heterocycles. The molecule has 34 heavy (non-hydrogen) atoms. The number of hydrogen-bond acceptors (Lipinski definition) is 4. The quantitative estimate of drug-likeness (QED) is 0.508. The van der Waals surface area contributed by atoms with Gasteiger partial charge in [-0.05, 0) is 61.3 Å². The minimum Gasteiger partial charge on any atom is -0.481 e. The monoisotopic (exact) mass is 464 g/mol. The lowest BCUT2D eigenvalue weighted by molar-refractivity contribution is -0.141. The zero-order chi connectivity index (χ0) is 24.1. The standard InChI is InChI=1S/C27H32N2O5/c1-17(7-6-12-25(30)29-19-14-13-18(15-19)26(31)32)28-27(33)34-16-24-22-10-4-2-8-20(22)21-9-3-5-11-23(21)24/h2-5,8-11,17-19,24H,6-7,12-16H2,1H3,(H,28,33)(H,29,30)(H,31,32)/t17?,18-,19+/m1/s1. The lowest BCUT2D eigenvalue weighted by Gasteiger charge is -2.17. The van der Waals surface area contributed by atoms with Crippen LogP contribution in [0.2, 0.25) is 0 Å². The maximum Gasteiger partial charge on any atom is 0.407 e. The number of fused-ring (bicyclic) bond motifs is 3. The fourth-order valence-electron chi connectivity index (χ4n) is 5.12. The summed E-state index contributed by atoms with van der Waals surface area (Å²) < 4.78 is 5.58. The highest BCUT2D eigenvalue weighted by molar-refractivity contribution is 5.79. The third-order valence-corrected chi connectivity index (χ3v) is 6.90. The topological polar surface area (TPSA) is 105 Å². The number of rotatable bonds is 9. The third-order valence-electron chi connectivity index (χ3n) is 6.90. The average molecular weight is 465 g/mol. The van der Waals surface area contributed by atoms with Crippen LogP contribution in [0.15, 0.2) is 48.5 Å². The van der Waals surface area contributed by atoms with Gasteiger partial charge < -0.3 is 20.5 Å². The Morgan fingerprint density at radius 2 is 1.68 bits per heavy atom. The highest BCUT2D eigenvalue weighted by atomic mass is 16.5. The number of carboxylic acid groups (broad SMARTS) is 1. The van der Waals surface area contributed by atoms with E-state index in [2.05, 4.69) is 34.9 Å². The van der Waals surface area contributed by atoms with Crippen LogP contribution in [0.4, 0.5) is 4.79 Å². The molecule has 1 fully saturated rings. The van der Waals surface area contributed by atoms with Gasteiger partial charge in [-0.25, -0.2) is 4.79 Å². The number of carboxylic acids is 1. The number of ether oxygens (including phenoxy) is 1. The smallest absolute Gasteiger partial charge is 0.407 e. The summed E-state index contributed by atoms with van der Waals surface area (Å²) in [6.45, 7) is 2.17. The van der Waals surface area contributed by atoms with Crippen molar-refractivity contribution in [3.8, 4) is 11.1 Å². The van der Waals surface area contributed by atoms with Gasteiger partial charge in [-0.3, -0.25) is 9.59 Å². The van der Waals surface area contributed by atoms with Crippen LogP contribution >= 0.6 is 0 Å². The van der Waals surface area contributed by atoms with Gasteiger partial charge in [-0.1, -0.05) is 48.5 Å². The van der Waals surface area contributed by atoms with Gasteiger partial charge in [0, 0.05) is 24.4 Å². The lowest BCUT2D eigenvalue weighted by Crippen LogP contribution is -2.35. The van der Waals surface area contributed by atoms with Gasteiger partial charge in [0.1, 0.15) is 6.61 Å². The van der Waals surface area contributed by atoms with Crippen LogP contribution in [-0.4, -0.2) is 41.8 Å². The second kappa shape index (κ2) is 10.7. The Hall–Kier alpha value is -3.35. The van der Waals surface area contributed by atoms with Gasteiger partial charge in [0.2, 0.25) is 5.91 Å². The summed E-state index contributed by atoms with van der Waals surface area (Å²) in [5.41, 5.74) is 4.73. The lowest BCUT2D eigenvalue weighted by atomic mass is 9.98. The van der Waals surface area contributed by atoms with E-state index in [-0.39, 0.29) is 36.4 Å². The van der Waals surface area contributed by atoms with Crippen LogP contribution in [0, 0.1) is 5.92 Å². The first-order valence-electron chi connectivity index (χ1n) is 12.1. The summed E-state index contributed by atoms with van der Waals surface area (Å²) in [5, 5.41) is 14.9. The summed E-state index contributed by atoms with van der Waals surface area (Å²) in [7, 11) is 0. The number of carbonyl (C=O) groups is 3. The minimum absolute atomic E-state index is 0.0217. The van der Waals surface area contributed by atoms with E-state index < -0.39 is 12.1 Å². The number of carbonyl (C=O) groups excluding carboxylic acids is 2. The molecule has 0 aromatic heterocycles. The number of alkyl carbamates (subject to hydrolysis) is 1. The molecule has 1 saturated carbocycles. The molecule has 0 spiro atoms. The van der Waals surface area contributed by atoms with E-state index in [9.17, 15) is 14.4 Å². The Morgan fingerprint density at radius 1 is 1.03 bits per heavy atom.